The van der Waals surface area contributed by atoms with Crippen LogP contribution in [0.15, 0.2) is 0 Å². The fourth-order valence-corrected chi connectivity index (χ4v) is 5.03. The van der Waals surface area contributed by atoms with Crippen LogP contribution in [0.3, 0.4) is 0 Å². The van der Waals surface area contributed by atoms with Crippen molar-refractivity contribution < 1.29 is 16.8 Å². The normalized spacial score (nSPS) is 25.1. The minimum atomic E-state index is -3.47. The molecular weight excluding hydrogens is 288 g/mol. The summed E-state index contributed by atoms with van der Waals surface area (Å²) in [6, 6.07) is -0.475. The summed E-state index contributed by atoms with van der Waals surface area (Å²) in [4.78, 5) is 0. The Bertz CT molecular complexity index is 473. The van der Waals surface area contributed by atoms with Crippen molar-refractivity contribution in [3.8, 4) is 0 Å². The van der Waals surface area contributed by atoms with Gasteiger partial charge in [0.05, 0.1) is 16.8 Å². The number of rotatable bonds is 7. The van der Waals surface area contributed by atoms with Gasteiger partial charge in [-0.25, -0.2) is 21.6 Å². The predicted molar refractivity (Wildman–Crippen MR) is 76.4 cm³/mol. The van der Waals surface area contributed by atoms with Gasteiger partial charge in [-0.1, -0.05) is 6.92 Å². The van der Waals surface area contributed by atoms with Gasteiger partial charge in [-0.3, -0.25) is 0 Å². The Morgan fingerprint density at radius 1 is 1.37 bits per heavy atom. The van der Waals surface area contributed by atoms with Crippen molar-refractivity contribution in [1.82, 2.24) is 10.0 Å². The van der Waals surface area contributed by atoms with Crippen molar-refractivity contribution in [2.75, 3.05) is 24.6 Å². The lowest BCUT2D eigenvalue weighted by Gasteiger charge is -2.24. The van der Waals surface area contributed by atoms with Crippen LogP contribution < -0.4 is 10.0 Å². The molecule has 1 heterocycles. The van der Waals surface area contributed by atoms with Crippen LogP contribution in [-0.2, 0) is 19.9 Å². The quantitative estimate of drug-likeness (QED) is 0.639. The smallest absolute Gasteiger partial charge is 0.215 e. The third-order valence-corrected chi connectivity index (χ3v) is 6.89. The minimum absolute atomic E-state index is 0.0820. The summed E-state index contributed by atoms with van der Waals surface area (Å²) in [5.74, 6) is 0.0835. The first kappa shape index (κ1) is 16.9. The SMILES string of the molecule is CCCNCC(C)S(=O)(=O)NC1CCCS(=O)(=O)C1. The second-order valence-electron chi connectivity index (χ2n) is 5.13. The Balaban J connectivity index is 2.54. The lowest BCUT2D eigenvalue weighted by atomic mass is 10.2. The number of sulfone groups is 1. The maximum absolute atomic E-state index is 12.1. The molecular formula is C11H24N2O4S2. The Morgan fingerprint density at radius 3 is 2.63 bits per heavy atom. The summed E-state index contributed by atoms with van der Waals surface area (Å²) in [5, 5.41) is 2.49. The van der Waals surface area contributed by atoms with Gasteiger partial charge in [0.25, 0.3) is 0 Å². The molecule has 8 heteroatoms. The molecule has 1 rings (SSSR count). The van der Waals surface area contributed by atoms with E-state index < -0.39 is 31.2 Å². The summed E-state index contributed by atoms with van der Waals surface area (Å²) < 4.78 is 49.6. The van der Waals surface area contributed by atoms with Crippen molar-refractivity contribution in [3.63, 3.8) is 0 Å². The van der Waals surface area contributed by atoms with Gasteiger partial charge in [-0.15, -0.1) is 0 Å². The van der Waals surface area contributed by atoms with Gasteiger partial charge < -0.3 is 5.32 Å². The molecule has 19 heavy (non-hydrogen) atoms. The Morgan fingerprint density at radius 2 is 2.05 bits per heavy atom. The summed E-state index contributed by atoms with van der Waals surface area (Å²) in [5.41, 5.74) is 0. The van der Waals surface area contributed by atoms with Crippen LogP contribution in [-0.4, -0.2) is 52.7 Å². The second-order valence-corrected chi connectivity index (χ2v) is 9.49. The van der Waals surface area contributed by atoms with Gasteiger partial charge in [0.1, 0.15) is 0 Å². The van der Waals surface area contributed by atoms with Gasteiger partial charge >= 0.3 is 0 Å². The highest BCUT2D eigenvalue weighted by molar-refractivity contribution is 7.91. The highest BCUT2D eigenvalue weighted by Gasteiger charge is 2.30. The van der Waals surface area contributed by atoms with Gasteiger partial charge in [0, 0.05) is 12.6 Å². The molecule has 0 aliphatic carbocycles. The van der Waals surface area contributed by atoms with Crippen molar-refractivity contribution in [2.45, 2.75) is 44.4 Å². The first-order valence-corrected chi connectivity index (χ1v) is 10.1. The molecule has 6 nitrogen and oxygen atoms in total. The lowest BCUT2D eigenvalue weighted by Crippen LogP contribution is -2.48. The third kappa shape index (κ3) is 5.76. The monoisotopic (exact) mass is 312 g/mol. The standard InChI is InChI=1S/C11H24N2O4S2/c1-3-6-12-8-10(2)19(16,17)13-11-5-4-7-18(14,15)9-11/h10-13H,3-9H2,1-2H3. The fraction of sp³-hybridized carbons (Fsp3) is 1.00. The molecule has 0 aromatic heterocycles. The van der Waals surface area contributed by atoms with Crippen LogP contribution in [0.25, 0.3) is 0 Å². The van der Waals surface area contributed by atoms with E-state index in [1.807, 2.05) is 6.92 Å². The first-order chi connectivity index (χ1) is 8.77. The van der Waals surface area contributed by atoms with Crippen LogP contribution in [0.1, 0.15) is 33.1 Å². The van der Waals surface area contributed by atoms with Gasteiger partial charge in [0.2, 0.25) is 10.0 Å². The van der Waals surface area contributed by atoms with Crippen LogP contribution in [0.4, 0.5) is 0 Å². The molecule has 114 valence electrons. The molecule has 0 aromatic carbocycles. The molecule has 0 amide bonds. The summed E-state index contributed by atoms with van der Waals surface area (Å²) in [6.07, 6.45) is 2.06. The lowest BCUT2D eigenvalue weighted by molar-refractivity contribution is 0.508. The van der Waals surface area contributed by atoms with E-state index in [1.165, 1.54) is 0 Å². The van der Waals surface area contributed by atoms with E-state index in [-0.39, 0.29) is 11.5 Å². The fourth-order valence-electron chi connectivity index (χ4n) is 2.06. The summed E-state index contributed by atoms with van der Waals surface area (Å²) >= 11 is 0. The Labute approximate surface area is 116 Å². The minimum Gasteiger partial charge on any atom is -0.315 e. The molecule has 1 aliphatic heterocycles. The molecule has 0 saturated carbocycles. The molecule has 2 unspecified atom stereocenters. The largest absolute Gasteiger partial charge is 0.315 e. The van der Waals surface area contributed by atoms with Gasteiger partial charge in [0.15, 0.2) is 9.84 Å². The van der Waals surface area contributed by atoms with E-state index in [4.69, 9.17) is 0 Å². The highest BCUT2D eigenvalue weighted by Crippen LogP contribution is 2.13. The first-order valence-electron chi connectivity index (χ1n) is 6.69. The molecule has 1 aliphatic rings. The number of hydrogen-bond donors (Lipinski definition) is 2. The summed E-state index contributed by atoms with van der Waals surface area (Å²) in [7, 11) is -6.56. The zero-order valence-electron chi connectivity index (χ0n) is 11.6. The van der Waals surface area contributed by atoms with Crippen LogP contribution in [0, 0.1) is 0 Å². The average Bonchev–Trinajstić information content (AvgIpc) is 2.27. The maximum atomic E-state index is 12.1. The molecule has 2 N–H and O–H groups in total. The van der Waals surface area contributed by atoms with Crippen molar-refractivity contribution in [1.29, 1.82) is 0 Å². The zero-order valence-corrected chi connectivity index (χ0v) is 13.2. The maximum Gasteiger partial charge on any atom is 0.215 e. The van der Waals surface area contributed by atoms with E-state index >= 15 is 0 Å². The van der Waals surface area contributed by atoms with Gasteiger partial charge in [-0.05, 0) is 32.7 Å². The molecule has 2 atom stereocenters. The van der Waals surface area contributed by atoms with Crippen molar-refractivity contribution in [2.24, 2.45) is 0 Å². The topological polar surface area (TPSA) is 92.3 Å². The number of nitrogens with one attached hydrogen (secondary N) is 2. The van der Waals surface area contributed by atoms with Crippen LogP contribution in [0.5, 0.6) is 0 Å². The average molecular weight is 312 g/mol. The van der Waals surface area contributed by atoms with E-state index in [0.717, 1.165) is 13.0 Å². The third-order valence-electron chi connectivity index (χ3n) is 3.18. The molecule has 0 spiro atoms. The summed E-state index contributed by atoms with van der Waals surface area (Å²) in [6.45, 7) is 4.79. The Kier molecular flexibility index (Phi) is 6.22. The van der Waals surface area contributed by atoms with E-state index in [2.05, 4.69) is 10.0 Å². The van der Waals surface area contributed by atoms with Crippen molar-refractivity contribution >= 4 is 19.9 Å². The van der Waals surface area contributed by atoms with E-state index in [9.17, 15) is 16.8 Å². The van der Waals surface area contributed by atoms with Crippen molar-refractivity contribution in [3.05, 3.63) is 0 Å². The zero-order chi connectivity index (χ0) is 14.5. The number of sulfonamides is 1. The van der Waals surface area contributed by atoms with Gasteiger partial charge in [-0.2, -0.15) is 0 Å². The molecule has 1 fully saturated rings. The van der Waals surface area contributed by atoms with E-state index in [0.29, 0.717) is 19.4 Å². The molecule has 0 aromatic rings. The Hall–Kier alpha value is -0.180. The molecule has 0 bridgehead atoms. The second kappa shape index (κ2) is 7.01. The molecule has 0 radical (unpaired) electrons. The number of hydrogen-bond acceptors (Lipinski definition) is 5. The highest BCUT2D eigenvalue weighted by atomic mass is 32.2. The van der Waals surface area contributed by atoms with Crippen LogP contribution >= 0.6 is 0 Å². The molecule has 1 saturated heterocycles. The van der Waals surface area contributed by atoms with Crippen LogP contribution in [0.2, 0.25) is 0 Å². The predicted octanol–water partition coefficient (Wildman–Crippen LogP) is -0.129. The van der Waals surface area contributed by atoms with E-state index in [1.54, 1.807) is 6.92 Å².